The Hall–Kier alpha value is -1.03. The number of nitrogens with zero attached hydrogens (tertiary/aromatic N) is 1. The van der Waals surface area contributed by atoms with Crippen molar-refractivity contribution < 1.29 is 0 Å². The van der Waals surface area contributed by atoms with Crippen molar-refractivity contribution >= 4 is 33.2 Å². The van der Waals surface area contributed by atoms with Crippen LogP contribution in [0.3, 0.4) is 0 Å². The SMILES string of the molecule is CC(c1cccc(Cl)c1)N(C)c1ccc([C@H](C)N)cc1Br. The zero-order valence-corrected chi connectivity index (χ0v) is 14.8. The number of hydrogen-bond acceptors (Lipinski definition) is 2. The van der Waals surface area contributed by atoms with E-state index in [4.69, 9.17) is 17.3 Å². The molecular formula is C17H20BrClN2. The minimum atomic E-state index is 0.0333. The number of nitrogens with two attached hydrogens (primary N) is 1. The summed E-state index contributed by atoms with van der Waals surface area (Å²) in [4.78, 5) is 2.22. The standard InChI is InChI=1S/C17H20BrClN2/c1-11(20)13-7-8-17(16(18)10-13)21(3)12(2)14-5-4-6-15(19)9-14/h4-12H,20H2,1-3H3/t11-,12?/m0/s1. The number of anilines is 1. The van der Waals surface area contributed by atoms with Gasteiger partial charge in [-0.25, -0.2) is 0 Å². The van der Waals surface area contributed by atoms with Crippen LogP contribution in [0.2, 0.25) is 5.02 Å². The minimum absolute atomic E-state index is 0.0333. The maximum absolute atomic E-state index is 6.08. The average molecular weight is 368 g/mol. The molecule has 0 amide bonds. The third-order valence-electron chi connectivity index (χ3n) is 3.79. The highest BCUT2D eigenvalue weighted by Crippen LogP contribution is 2.33. The van der Waals surface area contributed by atoms with Gasteiger partial charge in [0.2, 0.25) is 0 Å². The van der Waals surface area contributed by atoms with Gasteiger partial charge in [-0.05, 0) is 65.2 Å². The van der Waals surface area contributed by atoms with Crippen LogP contribution >= 0.6 is 27.5 Å². The van der Waals surface area contributed by atoms with E-state index in [0.717, 1.165) is 20.7 Å². The summed E-state index contributed by atoms with van der Waals surface area (Å²) in [5.41, 5.74) is 9.37. The molecule has 2 aromatic carbocycles. The Labute approximate surface area is 140 Å². The molecule has 112 valence electrons. The van der Waals surface area contributed by atoms with Crippen LogP contribution in [0.5, 0.6) is 0 Å². The van der Waals surface area contributed by atoms with Gasteiger partial charge in [-0.2, -0.15) is 0 Å². The lowest BCUT2D eigenvalue weighted by molar-refractivity contribution is 0.737. The van der Waals surface area contributed by atoms with Crippen molar-refractivity contribution in [2.75, 3.05) is 11.9 Å². The molecule has 0 radical (unpaired) electrons. The quantitative estimate of drug-likeness (QED) is 0.792. The van der Waals surface area contributed by atoms with Crippen LogP contribution in [0, 0.1) is 0 Å². The molecule has 0 aliphatic rings. The topological polar surface area (TPSA) is 29.3 Å². The Balaban J connectivity index is 2.29. The fraction of sp³-hybridized carbons (Fsp3) is 0.294. The van der Waals surface area contributed by atoms with E-state index in [0.29, 0.717) is 0 Å². The van der Waals surface area contributed by atoms with Gasteiger partial charge in [-0.1, -0.05) is 29.8 Å². The van der Waals surface area contributed by atoms with Gasteiger partial charge in [0, 0.05) is 22.6 Å². The molecular weight excluding hydrogens is 348 g/mol. The van der Waals surface area contributed by atoms with Crippen LogP contribution in [0.15, 0.2) is 46.9 Å². The second-order valence-corrected chi connectivity index (χ2v) is 6.63. The largest absolute Gasteiger partial charge is 0.367 e. The molecule has 2 aromatic rings. The Morgan fingerprint density at radius 1 is 1.10 bits per heavy atom. The van der Waals surface area contributed by atoms with Crippen molar-refractivity contribution in [2.45, 2.75) is 25.9 Å². The van der Waals surface area contributed by atoms with E-state index in [2.05, 4.69) is 59.1 Å². The van der Waals surface area contributed by atoms with Gasteiger partial charge in [-0.3, -0.25) is 0 Å². The van der Waals surface area contributed by atoms with E-state index in [1.54, 1.807) is 0 Å². The van der Waals surface area contributed by atoms with Crippen LogP contribution in [0.1, 0.15) is 37.1 Å². The first-order valence-corrected chi connectivity index (χ1v) is 8.10. The van der Waals surface area contributed by atoms with E-state index >= 15 is 0 Å². The first kappa shape index (κ1) is 16.3. The maximum atomic E-state index is 6.08. The second kappa shape index (κ2) is 6.82. The smallest absolute Gasteiger partial charge is 0.0513 e. The van der Waals surface area contributed by atoms with Crippen LogP contribution in [-0.4, -0.2) is 7.05 Å². The van der Waals surface area contributed by atoms with Crippen molar-refractivity contribution in [3.63, 3.8) is 0 Å². The molecule has 0 aliphatic heterocycles. The van der Waals surface area contributed by atoms with E-state index < -0.39 is 0 Å². The van der Waals surface area contributed by atoms with Crippen molar-refractivity contribution in [3.05, 3.63) is 63.1 Å². The lowest BCUT2D eigenvalue weighted by Crippen LogP contribution is -2.22. The van der Waals surface area contributed by atoms with E-state index in [-0.39, 0.29) is 12.1 Å². The van der Waals surface area contributed by atoms with Gasteiger partial charge < -0.3 is 10.6 Å². The zero-order valence-electron chi connectivity index (χ0n) is 12.5. The molecule has 0 aliphatic carbocycles. The van der Waals surface area contributed by atoms with Gasteiger partial charge in [-0.15, -0.1) is 0 Å². The molecule has 4 heteroatoms. The van der Waals surface area contributed by atoms with Crippen molar-refractivity contribution in [3.8, 4) is 0 Å². The fourth-order valence-corrected chi connectivity index (χ4v) is 3.17. The fourth-order valence-electron chi connectivity index (χ4n) is 2.29. The monoisotopic (exact) mass is 366 g/mol. The number of halogens is 2. The highest BCUT2D eigenvalue weighted by molar-refractivity contribution is 9.10. The molecule has 0 spiro atoms. The summed E-state index contributed by atoms with van der Waals surface area (Å²) in [5.74, 6) is 0. The van der Waals surface area contributed by atoms with Crippen molar-refractivity contribution in [2.24, 2.45) is 5.73 Å². The van der Waals surface area contributed by atoms with Gasteiger partial charge in [0.15, 0.2) is 0 Å². The zero-order chi connectivity index (χ0) is 15.6. The first-order chi connectivity index (χ1) is 9.90. The Morgan fingerprint density at radius 2 is 1.81 bits per heavy atom. The summed E-state index contributed by atoms with van der Waals surface area (Å²) >= 11 is 9.73. The van der Waals surface area contributed by atoms with Gasteiger partial charge in [0.05, 0.1) is 11.7 Å². The minimum Gasteiger partial charge on any atom is -0.367 e. The Morgan fingerprint density at radius 3 is 2.38 bits per heavy atom. The lowest BCUT2D eigenvalue weighted by atomic mass is 10.1. The molecule has 2 nitrogen and oxygen atoms in total. The van der Waals surface area contributed by atoms with Crippen LogP contribution < -0.4 is 10.6 Å². The number of hydrogen-bond donors (Lipinski definition) is 1. The van der Waals surface area contributed by atoms with Crippen LogP contribution in [0.4, 0.5) is 5.69 Å². The Kier molecular flexibility index (Phi) is 5.31. The average Bonchev–Trinajstić information content (AvgIpc) is 2.45. The molecule has 0 saturated heterocycles. The lowest BCUT2D eigenvalue weighted by Gasteiger charge is -2.29. The number of rotatable bonds is 4. The predicted molar refractivity (Wildman–Crippen MR) is 95.0 cm³/mol. The molecule has 0 heterocycles. The molecule has 2 N–H and O–H groups in total. The van der Waals surface area contributed by atoms with Gasteiger partial charge >= 0.3 is 0 Å². The third-order valence-corrected chi connectivity index (χ3v) is 4.66. The summed E-state index contributed by atoms with van der Waals surface area (Å²) in [7, 11) is 2.08. The first-order valence-electron chi connectivity index (χ1n) is 6.93. The van der Waals surface area contributed by atoms with E-state index in [9.17, 15) is 0 Å². The summed E-state index contributed by atoms with van der Waals surface area (Å²) < 4.78 is 1.05. The van der Waals surface area contributed by atoms with Crippen LogP contribution in [-0.2, 0) is 0 Å². The van der Waals surface area contributed by atoms with Gasteiger partial charge in [0.1, 0.15) is 0 Å². The molecule has 21 heavy (non-hydrogen) atoms. The third kappa shape index (κ3) is 3.79. The van der Waals surface area contributed by atoms with Crippen molar-refractivity contribution in [1.82, 2.24) is 0 Å². The predicted octanol–water partition coefficient (Wildman–Crippen LogP) is 5.32. The molecule has 0 saturated carbocycles. The van der Waals surface area contributed by atoms with Crippen molar-refractivity contribution in [1.29, 1.82) is 0 Å². The molecule has 2 atom stereocenters. The summed E-state index contributed by atoms with van der Waals surface area (Å²) in [5, 5.41) is 0.763. The maximum Gasteiger partial charge on any atom is 0.0513 e. The molecule has 2 rings (SSSR count). The summed E-state index contributed by atoms with van der Waals surface area (Å²) in [6.45, 7) is 4.15. The van der Waals surface area contributed by atoms with Crippen LogP contribution in [0.25, 0.3) is 0 Å². The highest BCUT2D eigenvalue weighted by Gasteiger charge is 2.15. The molecule has 1 unspecified atom stereocenters. The molecule has 0 aromatic heterocycles. The summed E-state index contributed by atoms with van der Waals surface area (Å²) in [6.07, 6.45) is 0. The Bertz CT molecular complexity index is 628. The highest BCUT2D eigenvalue weighted by atomic mass is 79.9. The van der Waals surface area contributed by atoms with E-state index in [1.165, 1.54) is 5.56 Å². The normalized spacial score (nSPS) is 13.8. The molecule has 0 fully saturated rings. The van der Waals surface area contributed by atoms with Gasteiger partial charge in [0.25, 0.3) is 0 Å². The second-order valence-electron chi connectivity index (χ2n) is 5.34. The molecule has 0 bridgehead atoms. The number of benzene rings is 2. The van der Waals surface area contributed by atoms with E-state index in [1.807, 2.05) is 25.1 Å². The summed E-state index contributed by atoms with van der Waals surface area (Å²) in [6, 6.07) is 14.5.